The molecule has 108 valence electrons. The van der Waals surface area contributed by atoms with Crippen molar-refractivity contribution in [1.29, 1.82) is 0 Å². The van der Waals surface area contributed by atoms with Crippen LogP contribution in [0.25, 0.3) is 0 Å². The van der Waals surface area contributed by atoms with Gasteiger partial charge >= 0.3 is 11.7 Å². The Morgan fingerprint density at radius 1 is 1.55 bits per heavy atom. The maximum absolute atomic E-state index is 13.5. The molecular formula is C13H15FN2O4. The largest absolute Gasteiger partial charge is 0.481 e. The summed E-state index contributed by atoms with van der Waals surface area (Å²) in [6.07, 6.45) is 0. The minimum absolute atomic E-state index is 0.0374. The van der Waals surface area contributed by atoms with Gasteiger partial charge in [-0.1, -0.05) is 13.0 Å². The lowest BCUT2D eigenvalue weighted by Gasteiger charge is -2.15. The molecule has 2 rings (SSSR count). The summed E-state index contributed by atoms with van der Waals surface area (Å²) in [6, 6.07) is 3.77. The molecule has 1 aromatic carbocycles. The van der Waals surface area contributed by atoms with Crippen molar-refractivity contribution < 1.29 is 19.2 Å². The van der Waals surface area contributed by atoms with Crippen molar-refractivity contribution in [1.82, 2.24) is 4.90 Å². The normalized spacial score (nSPS) is 22.9. The van der Waals surface area contributed by atoms with Crippen LogP contribution >= 0.6 is 0 Å². The lowest BCUT2D eigenvalue weighted by molar-refractivity contribution is -0.387. The van der Waals surface area contributed by atoms with Crippen molar-refractivity contribution in [2.45, 2.75) is 13.5 Å². The molecule has 0 saturated carbocycles. The zero-order chi connectivity index (χ0) is 14.9. The van der Waals surface area contributed by atoms with E-state index < -0.39 is 28.3 Å². The Morgan fingerprint density at radius 3 is 2.75 bits per heavy atom. The van der Waals surface area contributed by atoms with Gasteiger partial charge in [-0.05, 0) is 17.5 Å². The third-order valence-electron chi connectivity index (χ3n) is 3.62. The highest BCUT2D eigenvalue weighted by atomic mass is 19.1. The van der Waals surface area contributed by atoms with Gasteiger partial charge in [0.15, 0.2) is 0 Å². The fourth-order valence-electron chi connectivity index (χ4n) is 2.57. The lowest BCUT2D eigenvalue weighted by Crippen LogP contribution is -2.23. The molecule has 1 heterocycles. The molecule has 0 spiro atoms. The van der Waals surface area contributed by atoms with E-state index in [1.165, 1.54) is 6.07 Å². The van der Waals surface area contributed by atoms with Crippen LogP contribution in [0.5, 0.6) is 0 Å². The number of halogens is 1. The second-order valence-corrected chi connectivity index (χ2v) is 5.16. The van der Waals surface area contributed by atoms with Gasteiger partial charge in [-0.15, -0.1) is 0 Å². The topological polar surface area (TPSA) is 83.7 Å². The average Bonchev–Trinajstić information content (AvgIpc) is 2.70. The summed E-state index contributed by atoms with van der Waals surface area (Å²) < 4.78 is 13.5. The summed E-state index contributed by atoms with van der Waals surface area (Å²) in [7, 11) is 0. The first-order chi connectivity index (χ1) is 9.38. The highest BCUT2D eigenvalue weighted by Crippen LogP contribution is 2.26. The van der Waals surface area contributed by atoms with Crippen LogP contribution in [-0.2, 0) is 11.3 Å². The third-order valence-corrected chi connectivity index (χ3v) is 3.62. The molecule has 1 aliphatic heterocycles. The van der Waals surface area contributed by atoms with Crippen molar-refractivity contribution in [3.63, 3.8) is 0 Å². The van der Waals surface area contributed by atoms with Crippen LogP contribution in [0.4, 0.5) is 10.1 Å². The fourth-order valence-corrected chi connectivity index (χ4v) is 2.57. The van der Waals surface area contributed by atoms with Gasteiger partial charge in [-0.25, -0.2) is 0 Å². The number of nitro groups is 1. The Balaban J connectivity index is 2.06. The number of carbonyl (C=O) groups is 1. The Labute approximate surface area is 115 Å². The van der Waals surface area contributed by atoms with Crippen LogP contribution in [0, 0.1) is 27.8 Å². The zero-order valence-corrected chi connectivity index (χ0v) is 11.0. The molecule has 2 unspecified atom stereocenters. The van der Waals surface area contributed by atoms with Crippen LogP contribution in [0.1, 0.15) is 12.5 Å². The smallest absolute Gasteiger partial charge is 0.308 e. The molecule has 20 heavy (non-hydrogen) atoms. The Hall–Kier alpha value is -2.02. The van der Waals surface area contributed by atoms with Gasteiger partial charge in [0.05, 0.1) is 10.8 Å². The predicted molar refractivity (Wildman–Crippen MR) is 68.6 cm³/mol. The average molecular weight is 282 g/mol. The number of hydrogen-bond acceptors (Lipinski definition) is 4. The van der Waals surface area contributed by atoms with Crippen molar-refractivity contribution in [3.8, 4) is 0 Å². The minimum atomic E-state index is -0.866. The Kier molecular flexibility index (Phi) is 3.99. The number of carboxylic acid groups (broad SMARTS) is 1. The number of rotatable bonds is 4. The van der Waals surface area contributed by atoms with Crippen LogP contribution in [-0.4, -0.2) is 34.0 Å². The lowest BCUT2D eigenvalue weighted by atomic mass is 9.99. The number of carboxylic acids is 1. The first kappa shape index (κ1) is 14.4. The molecule has 0 bridgehead atoms. The van der Waals surface area contributed by atoms with Crippen LogP contribution in [0.3, 0.4) is 0 Å². The van der Waals surface area contributed by atoms with Crippen molar-refractivity contribution in [2.75, 3.05) is 13.1 Å². The first-order valence-electron chi connectivity index (χ1n) is 6.26. The zero-order valence-electron chi connectivity index (χ0n) is 11.0. The van der Waals surface area contributed by atoms with E-state index in [0.29, 0.717) is 25.2 Å². The van der Waals surface area contributed by atoms with E-state index in [-0.39, 0.29) is 5.92 Å². The van der Waals surface area contributed by atoms with E-state index >= 15 is 0 Å². The number of aliphatic carboxylic acids is 1. The maximum atomic E-state index is 13.5. The molecule has 1 N–H and O–H groups in total. The summed E-state index contributed by atoms with van der Waals surface area (Å²) in [5, 5.41) is 19.6. The number of nitro benzene ring substituents is 1. The van der Waals surface area contributed by atoms with Crippen LogP contribution in [0.15, 0.2) is 18.2 Å². The molecule has 7 heteroatoms. The minimum Gasteiger partial charge on any atom is -0.481 e. The monoisotopic (exact) mass is 282 g/mol. The molecule has 1 fully saturated rings. The fraction of sp³-hybridized carbons (Fsp3) is 0.462. The predicted octanol–water partition coefficient (Wildman–Crippen LogP) is 1.89. The van der Waals surface area contributed by atoms with Crippen molar-refractivity contribution in [2.24, 2.45) is 11.8 Å². The van der Waals surface area contributed by atoms with Gasteiger partial charge in [0.2, 0.25) is 5.82 Å². The van der Waals surface area contributed by atoms with Gasteiger partial charge in [0.25, 0.3) is 0 Å². The van der Waals surface area contributed by atoms with Crippen molar-refractivity contribution >= 4 is 11.7 Å². The van der Waals surface area contributed by atoms with Gasteiger partial charge in [-0.2, -0.15) is 4.39 Å². The molecule has 1 aliphatic rings. The summed E-state index contributed by atoms with van der Waals surface area (Å²) in [6.45, 7) is 3.29. The standard InChI is InChI=1S/C13H15FN2O4/c1-8-5-15(7-10(8)13(17)18)6-9-2-3-12(16(19)20)11(14)4-9/h2-4,8,10H,5-7H2,1H3,(H,17,18). The SMILES string of the molecule is CC1CN(Cc2ccc([N+](=O)[O-])c(F)c2)CC1C(=O)O. The molecule has 2 atom stereocenters. The Bertz CT molecular complexity index is 549. The van der Waals surface area contributed by atoms with Gasteiger partial charge in [0.1, 0.15) is 0 Å². The number of likely N-dealkylation sites (tertiary alicyclic amines) is 1. The molecule has 0 aromatic heterocycles. The second-order valence-electron chi connectivity index (χ2n) is 5.16. The quantitative estimate of drug-likeness (QED) is 0.673. The van der Waals surface area contributed by atoms with Gasteiger partial charge < -0.3 is 5.11 Å². The van der Waals surface area contributed by atoms with Gasteiger partial charge in [-0.3, -0.25) is 19.8 Å². The molecule has 1 aromatic rings. The van der Waals surface area contributed by atoms with E-state index in [1.54, 1.807) is 0 Å². The third kappa shape index (κ3) is 2.93. The second kappa shape index (κ2) is 5.54. The molecule has 0 radical (unpaired) electrons. The van der Waals surface area contributed by atoms with Gasteiger partial charge in [0, 0.05) is 25.7 Å². The molecule has 1 saturated heterocycles. The van der Waals surface area contributed by atoms with E-state index in [2.05, 4.69) is 0 Å². The van der Waals surface area contributed by atoms with E-state index in [0.717, 1.165) is 12.1 Å². The Morgan fingerprint density at radius 2 is 2.25 bits per heavy atom. The highest BCUT2D eigenvalue weighted by Gasteiger charge is 2.34. The van der Waals surface area contributed by atoms with E-state index in [9.17, 15) is 19.3 Å². The summed E-state index contributed by atoms with van der Waals surface area (Å²) in [5.74, 6) is -2.07. The highest BCUT2D eigenvalue weighted by molar-refractivity contribution is 5.71. The summed E-state index contributed by atoms with van der Waals surface area (Å²) in [5.41, 5.74) is 0.0540. The maximum Gasteiger partial charge on any atom is 0.308 e. The molecule has 0 amide bonds. The van der Waals surface area contributed by atoms with Crippen LogP contribution in [0.2, 0.25) is 0 Å². The summed E-state index contributed by atoms with van der Waals surface area (Å²) in [4.78, 5) is 22.7. The number of benzene rings is 1. The number of nitrogens with zero attached hydrogens (tertiary/aromatic N) is 2. The molecule has 0 aliphatic carbocycles. The van der Waals surface area contributed by atoms with E-state index in [1.807, 2.05) is 11.8 Å². The summed E-state index contributed by atoms with van der Waals surface area (Å²) >= 11 is 0. The number of hydrogen-bond donors (Lipinski definition) is 1. The first-order valence-corrected chi connectivity index (χ1v) is 6.26. The van der Waals surface area contributed by atoms with E-state index in [4.69, 9.17) is 5.11 Å². The van der Waals surface area contributed by atoms with Crippen LogP contribution < -0.4 is 0 Å². The molecular weight excluding hydrogens is 267 g/mol. The molecule has 6 nitrogen and oxygen atoms in total. The van der Waals surface area contributed by atoms with Crippen molar-refractivity contribution in [3.05, 3.63) is 39.7 Å².